The number of fused-ring (bicyclic) bond motifs is 4. The first-order chi connectivity index (χ1) is 17.3. The Morgan fingerprint density at radius 1 is 1.19 bits per heavy atom. The first kappa shape index (κ1) is 23.6. The van der Waals surface area contributed by atoms with E-state index in [0.29, 0.717) is 31.6 Å². The molecular formula is C26H32N6O3S. The van der Waals surface area contributed by atoms with Crippen LogP contribution in [0.25, 0.3) is 27.8 Å². The van der Waals surface area contributed by atoms with Crippen molar-refractivity contribution in [1.82, 2.24) is 24.5 Å². The van der Waals surface area contributed by atoms with Gasteiger partial charge >= 0.3 is 0 Å². The zero-order chi connectivity index (χ0) is 25.0. The van der Waals surface area contributed by atoms with Crippen molar-refractivity contribution in [3.05, 3.63) is 53.0 Å². The van der Waals surface area contributed by atoms with Crippen molar-refractivity contribution in [2.24, 2.45) is 5.14 Å². The minimum absolute atomic E-state index is 0.0165. The Bertz CT molecular complexity index is 1550. The molecule has 3 N–H and O–H groups in total. The average Bonchev–Trinajstić information content (AvgIpc) is 3.58. The summed E-state index contributed by atoms with van der Waals surface area (Å²) in [7, 11) is -3.42. The Morgan fingerprint density at radius 2 is 1.97 bits per heavy atom. The topological polar surface area (TPSA) is 119 Å². The number of rotatable bonds is 6. The maximum atomic E-state index is 11.3. The number of ether oxygens (including phenoxy) is 1. The Labute approximate surface area is 210 Å². The zero-order valence-electron chi connectivity index (χ0n) is 20.7. The number of aromatic amines is 1. The predicted octanol–water partition coefficient (Wildman–Crippen LogP) is 3.50. The van der Waals surface area contributed by atoms with Gasteiger partial charge in [0.2, 0.25) is 10.0 Å². The average molecular weight is 509 g/mol. The molecule has 1 aromatic carbocycles. The summed E-state index contributed by atoms with van der Waals surface area (Å²) >= 11 is 0. The van der Waals surface area contributed by atoms with Gasteiger partial charge in [-0.25, -0.2) is 23.1 Å². The number of likely N-dealkylation sites (tertiary alicyclic amines) is 1. The first-order valence-electron chi connectivity index (χ1n) is 12.6. The van der Waals surface area contributed by atoms with Gasteiger partial charge in [0.15, 0.2) is 5.65 Å². The van der Waals surface area contributed by atoms with E-state index >= 15 is 0 Å². The van der Waals surface area contributed by atoms with Crippen LogP contribution in [0.4, 0.5) is 0 Å². The number of primary sulfonamides is 1. The predicted molar refractivity (Wildman–Crippen MR) is 139 cm³/mol. The van der Waals surface area contributed by atoms with E-state index in [0.717, 1.165) is 53.9 Å². The van der Waals surface area contributed by atoms with Crippen LogP contribution in [0.1, 0.15) is 60.8 Å². The molecule has 5 heterocycles. The monoisotopic (exact) mass is 508 g/mol. The fraction of sp³-hybridized carbons (Fsp3) is 0.462. The maximum absolute atomic E-state index is 11.3. The van der Waals surface area contributed by atoms with E-state index in [2.05, 4.69) is 58.2 Å². The minimum Gasteiger partial charge on any atom is -0.372 e. The van der Waals surface area contributed by atoms with Crippen LogP contribution in [-0.2, 0) is 28.0 Å². The summed E-state index contributed by atoms with van der Waals surface area (Å²) in [6.07, 6.45) is 5.69. The van der Waals surface area contributed by atoms with Gasteiger partial charge in [-0.3, -0.25) is 0 Å². The van der Waals surface area contributed by atoms with E-state index in [1.165, 1.54) is 22.1 Å². The van der Waals surface area contributed by atoms with E-state index < -0.39 is 10.0 Å². The summed E-state index contributed by atoms with van der Waals surface area (Å²) in [6.45, 7) is 7.91. The number of hydrogen-bond acceptors (Lipinski definition) is 6. The lowest BCUT2D eigenvalue weighted by Crippen LogP contribution is -2.37. The zero-order valence-corrected chi connectivity index (χ0v) is 21.5. The molecule has 3 aromatic heterocycles. The van der Waals surface area contributed by atoms with Crippen molar-refractivity contribution in [3.8, 4) is 11.3 Å². The minimum atomic E-state index is -3.42. The van der Waals surface area contributed by atoms with Crippen molar-refractivity contribution in [1.29, 1.82) is 0 Å². The highest BCUT2D eigenvalue weighted by atomic mass is 32.2. The van der Waals surface area contributed by atoms with Gasteiger partial charge in [0.25, 0.3) is 0 Å². The fourth-order valence-corrected chi connectivity index (χ4v) is 6.40. The van der Waals surface area contributed by atoms with Gasteiger partial charge in [-0.2, -0.15) is 5.10 Å². The summed E-state index contributed by atoms with van der Waals surface area (Å²) in [6, 6.07) is 6.81. The normalized spacial score (nSPS) is 17.6. The second-order valence-corrected chi connectivity index (χ2v) is 12.1. The lowest BCUT2D eigenvalue weighted by atomic mass is 9.87. The number of benzene rings is 1. The van der Waals surface area contributed by atoms with E-state index in [1.807, 2.05) is 4.52 Å². The first-order valence-corrected chi connectivity index (χ1v) is 14.3. The maximum Gasteiger partial charge on any atom is 0.210 e. The molecule has 0 unspecified atom stereocenters. The number of hydrogen-bond donors (Lipinski definition) is 2. The summed E-state index contributed by atoms with van der Waals surface area (Å²) < 4.78 is 30.3. The third-order valence-corrected chi connectivity index (χ3v) is 8.49. The second kappa shape index (κ2) is 8.95. The second-order valence-electron chi connectivity index (χ2n) is 10.4. The van der Waals surface area contributed by atoms with Crippen molar-refractivity contribution in [2.45, 2.75) is 51.7 Å². The molecule has 36 heavy (non-hydrogen) atoms. The Kier molecular flexibility index (Phi) is 5.87. The molecule has 2 aliphatic heterocycles. The molecule has 6 rings (SSSR count). The highest BCUT2D eigenvalue weighted by Gasteiger charge is 2.27. The number of nitrogens with zero attached hydrogens (tertiary/aromatic N) is 4. The summed E-state index contributed by atoms with van der Waals surface area (Å²) in [5.41, 5.74) is 9.23. The Balaban J connectivity index is 1.35. The third-order valence-electron chi connectivity index (χ3n) is 7.74. The molecule has 190 valence electrons. The Hall–Kier alpha value is -2.79. The fourth-order valence-electron chi connectivity index (χ4n) is 5.89. The van der Waals surface area contributed by atoms with Crippen LogP contribution >= 0.6 is 0 Å². The quantitative estimate of drug-likeness (QED) is 0.412. The molecule has 0 aliphatic carbocycles. The molecule has 0 radical (unpaired) electrons. The van der Waals surface area contributed by atoms with Gasteiger partial charge in [0, 0.05) is 34.8 Å². The molecule has 10 heteroatoms. The molecule has 1 saturated heterocycles. The van der Waals surface area contributed by atoms with Crippen molar-refractivity contribution in [3.63, 3.8) is 0 Å². The number of H-pyrrole nitrogens is 1. The number of piperidine rings is 1. The van der Waals surface area contributed by atoms with Crippen LogP contribution in [0, 0.1) is 0 Å². The largest absolute Gasteiger partial charge is 0.372 e. The van der Waals surface area contributed by atoms with Crippen LogP contribution in [0.5, 0.6) is 0 Å². The van der Waals surface area contributed by atoms with Crippen molar-refractivity contribution in [2.75, 3.05) is 25.4 Å². The molecule has 1 fully saturated rings. The molecule has 4 aromatic rings. The highest BCUT2D eigenvalue weighted by molar-refractivity contribution is 7.89. The lowest BCUT2D eigenvalue weighted by Gasteiger charge is -2.32. The van der Waals surface area contributed by atoms with Crippen LogP contribution in [0.15, 0.2) is 30.7 Å². The number of pyridine rings is 1. The van der Waals surface area contributed by atoms with E-state index in [-0.39, 0.29) is 5.75 Å². The number of aromatic nitrogens is 4. The molecule has 0 bridgehead atoms. The number of nitrogens with two attached hydrogens (primary N) is 1. The molecule has 9 nitrogen and oxygen atoms in total. The van der Waals surface area contributed by atoms with Gasteiger partial charge in [0.05, 0.1) is 24.7 Å². The van der Waals surface area contributed by atoms with E-state index in [9.17, 15) is 8.42 Å². The molecule has 0 spiro atoms. The smallest absolute Gasteiger partial charge is 0.210 e. The molecular weight excluding hydrogens is 476 g/mol. The number of nitrogens with one attached hydrogen (secondary N) is 1. The third kappa shape index (κ3) is 4.21. The summed E-state index contributed by atoms with van der Waals surface area (Å²) in [5, 5.41) is 10.9. The number of sulfonamides is 1. The van der Waals surface area contributed by atoms with Crippen LogP contribution in [-0.4, -0.2) is 58.3 Å². The van der Waals surface area contributed by atoms with Gasteiger partial charge < -0.3 is 14.6 Å². The van der Waals surface area contributed by atoms with Gasteiger partial charge in [-0.1, -0.05) is 19.9 Å². The Morgan fingerprint density at radius 3 is 2.72 bits per heavy atom. The van der Waals surface area contributed by atoms with Crippen molar-refractivity contribution < 1.29 is 13.2 Å². The van der Waals surface area contributed by atoms with Gasteiger partial charge in [-0.15, -0.1) is 0 Å². The molecule has 2 aliphatic rings. The van der Waals surface area contributed by atoms with E-state index in [4.69, 9.17) is 9.88 Å². The highest BCUT2D eigenvalue weighted by Crippen LogP contribution is 2.41. The summed E-state index contributed by atoms with van der Waals surface area (Å²) in [5.74, 6) is 0.805. The van der Waals surface area contributed by atoms with Crippen LogP contribution in [0.3, 0.4) is 0 Å². The lowest BCUT2D eigenvalue weighted by molar-refractivity contribution is 0.135. The standard InChI is InChI=1S/C26H32N6O3S/c1-16(2)24-19-11-18(17-5-7-31(8-6-17)9-10-36(27,33)34)3-4-23(19)30-25(24)20-12-32-26(28-15-29-32)22-14-35-13-21(20)22/h3-4,11-12,15-17,30H,5-10,13-14H2,1-2H3,(H2,27,33,34). The van der Waals surface area contributed by atoms with E-state index in [1.54, 1.807) is 6.33 Å². The summed E-state index contributed by atoms with van der Waals surface area (Å²) in [4.78, 5) is 10.4. The molecule has 0 amide bonds. The SMILES string of the molecule is CC(C)c1c(-c2cn3ncnc3c3c2COC3)[nH]c2ccc(C3CCN(CCS(N)(=O)=O)CC3)cc12. The van der Waals surface area contributed by atoms with Crippen LogP contribution < -0.4 is 5.14 Å². The molecule has 0 atom stereocenters. The van der Waals surface area contributed by atoms with Crippen molar-refractivity contribution >= 4 is 26.6 Å². The van der Waals surface area contributed by atoms with Gasteiger partial charge in [0.1, 0.15) is 6.33 Å². The molecule has 0 saturated carbocycles. The van der Waals surface area contributed by atoms with Crippen LogP contribution in [0.2, 0.25) is 0 Å². The van der Waals surface area contributed by atoms with Gasteiger partial charge in [-0.05, 0) is 66.6 Å².